The van der Waals surface area contributed by atoms with Crippen LogP contribution in [0, 0.1) is 0 Å². The van der Waals surface area contributed by atoms with Crippen LogP contribution in [0.1, 0.15) is 19.8 Å². The molecule has 1 saturated heterocycles. The molecular formula is C8H16N2O2. The molecule has 1 rings (SSSR count). The van der Waals surface area contributed by atoms with E-state index in [0.29, 0.717) is 6.54 Å². The molecule has 4 nitrogen and oxygen atoms in total. The van der Waals surface area contributed by atoms with Crippen LogP contribution in [0.4, 0.5) is 0 Å². The minimum absolute atomic E-state index is 0.00778. The number of hydrogen-bond acceptors (Lipinski definition) is 3. The molecule has 1 fully saturated rings. The molecule has 0 spiro atoms. The van der Waals surface area contributed by atoms with Crippen LogP contribution in [0.15, 0.2) is 0 Å². The SMILES string of the molecule is C[C@H](O)CNC(=O)[C@@H]1CCCN1. The molecule has 3 N–H and O–H groups in total. The average molecular weight is 172 g/mol. The number of rotatable bonds is 3. The van der Waals surface area contributed by atoms with Gasteiger partial charge >= 0.3 is 0 Å². The van der Waals surface area contributed by atoms with E-state index in [1.165, 1.54) is 0 Å². The van der Waals surface area contributed by atoms with E-state index in [-0.39, 0.29) is 11.9 Å². The van der Waals surface area contributed by atoms with Gasteiger partial charge in [0, 0.05) is 6.54 Å². The fourth-order valence-electron chi connectivity index (χ4n) is 1.28. The van der Waals surface area contributed by atoms with Crippen LogP contribution in [-0.4, -0.2) is 36.2 Å². The van der Waals surface area contributed by atoms with Gasteiger partial charge in [0.1, 0.15) is 0 Å². The van der Waals surface area contributed by atoms with Crippen molar-refractivity contribution in [1.29, 1.82) is 0 Å². The van der Waals surface area contributed by atoms with Crippen molar-refractivity contribution >= 4 is 5.91 Å². The molecule has 0 radical (unpaired) electrons. The second-order valence-electron chi connectivity index (χ2n) is 3.24. The van der Waals surface area contributed by atoms with Gasteiger partial charge < -0.3 is 15.7 Å². The van der Waals surface area contributed by atoms with Gasteiger partial charge in [0.05, 0.1) is 12.1 Å². The van der Waals surface area contributed by atoms with Crippen molar-refractivity contribution in [2.45, 2.75) is 31.9 Å². The highest BCUT2D eigenvalue weighted by Crippen LogP contribution is 2.04. The predicted molar refractivity (Wildman–Crippen MR) is 45.7 cm³/mol. The van der Waals surface area contributed by atoms with E-state index in [1.54, 1.807) is 6.92 Å². The van der Waals surface area contributed by atoms with Gasteiger partial charge in [0.25, 0.3) is 0 Å². The van der Waals surface area contributed by atoms with Gasteiger partial charge in [-0.2, -0.15) is 0 Å². The smallest absolute Gasteiger partial charge is 0.237 e. The lowest BCUT2D eigenvalue weighted by molar-refractivity contribution is -0.123. The van der Waals surface area contributed by atoms with Crippen LogP contribution in [0.5, 0.6) is 0 Å². The zero-order valence-electron chi connectivity index (χ0n) is 7.34. The van der Waals surface area contributed by atoms with E-state index in [2.05, 4.69) is 10.6 Å². The number of carbonyl (C=O) groups excluding carboxylic acids is 1. The lowest BCUT2D eigenvalue weighted by Gasteiger charge is -2.11. The van der Waals surface area contributed by atoms with Crippen molar-refractivity contribution in [3.8, 4) is 0 Å². The van der Waals surface area contributed by atoms with Gasteiger partial charge in [0.2, 0.25) is 5.91 Å². The highest BCUT2D eigenvalue weighted by molar-refractivity contribution is 5.81. The van der Waals surface area contributed by atoms with Crippen molar-refractivity contribution in [3.63, 3.8) is 0 Å². The van der Waals surface area contributed by atoms with Crippen LogP contribution in [-0.2, 0) is 4.79 Å². The van der Waals surface area contributed by atoms with Crippen LogP contribution < -0.4 is 10.6 Å². The van der Waals surface area contributed by atoms with Crippen LogP contribution in [0.2, 0.25) is 0 Å². The van der Waals surface area contributed by atoms with Gasteiger partial charge in [0.15, 0.2) is 0 Å². The third-order valence-electron chi connectivity index (χ3n) is 1.95. The molecule has 0 aromatic heterocycles. The summed E-state index contributed by atoms with van der Waals surface area (Å²) in [6.07, 6.45) is 1.51. The van der Waals surface area contributed by atoms with Crippen LogP contribution >= 0.6 is 0 Å². The normalized spacial score (nSPS) is 25.3. The predicted octanol–water partition coefficient (Wildman–Crippen LogP) is -0.765. The Morgan fingerprint density at radius 3 is 3.08 bits per heavy atom. The van der Waals surface area contributed by atoms with Gasteiger partial charge in [-0.15, -0.1) is 0 Å². The van der Waals surface area contributed by atoms with Gasteiger partial charge in [-0.05, 0) is 26.3 Å². The summed E-state index contributed by atoms with van der Waals surface area (Å²) in [6, 6.07) is -0.0382. The van der Waals surface area contributed by atoms with Gasteiger partial charge in [-0.25, -0.2) is 0 Å². The summed E-state index contributed by atoms with van der Waals surface area (Å²) < 4.78 is 0. The van der Waals surface area contributed by atoms with Crippen LogP contribution in [0.25, 0.3) is 0 Å². The largest absolute Gasteiger partial charge is 0.392 e. The number of hydrogen-bond donors (Lipinski definition) is 3. The zero-order chi connectivity index (χ0) is 8.97. The first-order valence-corrected chi connectivity index (χ1v) is 4.39. The highest BCUT2D eigenvalue weighted by Gasteiger charge is 2.21. The molecule has 0 saturated carbocycles. The van der Waals surface area contributed by atoms with Crippen molar-refractivity contribution in [2.75, 3.05) is 13.1 Å². The van der Waals surface area contributed by atoms with E-state index < -0.39 is 6.10 Å². The van der Waals surface area contributed by atoms with E-state index in [9.17, 15) is 4.79 Å². The minimum Gasteiger partial charge on any atom is -0.392 e. The maximum absolute atomic E-state index is 11.3. The maximum Gasteiger partial charge on any atom is 0.237 e. The molecule has 1 aliphatic heterocycles. The van der Waals surface area contributed by atoms with E-state index in [4.69, 9.17) is 5.11 Å². The third-order valence-corrected chi connectivity index (χ3v) is 1.95. The Balaban J connectivity index is 2.18. The average Bonchev–Trinajstić information content (AvgIpc) is 2.51. The summed E-state index contributed by atoms with van der Waals surface area (Å²) in [4.78, 5) is 11.3. The van der Waals surface area contributed by atoms with Crippen molar-refractivity contribution in [1.82, 2.24) is 10.6 Å². The van der Waals surface area contributed by atoms with Gasteiger partial charge in [-0.1, -0.05) is 0 Å². The van der Waals surface area contributed by atoms with Crippen LogP contribution in [0.3, 0.4) is 0 Å². The Morgan fingerprint density at radius 1 is 1.83 bits per heavy atom. The topological polar surface area (TPSA) is 61.4 Å². The second-order valence-corrected chi connectivity index (χ2v) is 3.24. The van der Waals surface area contributed by atoms with E-state index in [1.807, 2.05) is 0 Å². The first-order valence-electron chi connectivity index (χ1n) is 4.39. The van der Waals surface area contributed by atoms with Crippen molar-refractivity contribution < 1.29 is 9.90 Å². The molecule has 12 heavy (non-hydrogen) atoms. The number of amides is 1. The maximum atomic E-state index is 11.3. The Hall–Kier alpha value is -0.610. The monoisotopic (exact) mass is 172 g/mol. The first kappa shape index (κ1) is 9.48. The lowest BCUT2D eigenvalue weighted by atomic mass is 10.2. The molecule has 0 aromatic carbocycles. The molecule has 2 atom stereocenters. The van der Waals surface area contributed by atoms with Crippen molar-refractivity contribution in [2.24, 2.45) is 0 Å². The molecule has 1 heterocycles. The summed E-state index contributed by atoms with van der Waals surface area (Å²) in [6.45, 7) is 2.92. The molecule has 1 amide bonds. The third kappa shape index (κ3) is 2.79. The fourth-order valence-corrected chi connectivity index (χ4v) is 1.28. The molecule has 0 unspecified atom stereocenters. The molecule has 0 aliphatic carbocycles. The lowest BCUT2D eigenvalue weighted by Crippen LogP contribution is -2.42. The summed E-state index contributed by atoms with van der Waals surface area (Å²) in [7, 11) is 0. The molecule has 4 heteroatoms. The molecule has 1 aliphatic rings. The zero-order valence-corrected chi connectivity index (χ0v) is 7.34. The summed E-state index contributed by atoms with van der Waals surface area (Å²) in [5.74, 6) is 0.00778. The first-order chi connectivity index (χ1) is 5.70. The summed E-state index contributed by atoms with van der Waals surface area (Å²) in [5, 5.41) is 14.7. The standard InChI is InChI=1S/C8H16N2O2/c1-6(11)5-10-8(12)7-3-2-4-9-7/h6-7,9,11H,2-5H2,1H3,(H,10,12)/t6-,7-/m0/s1. The summed E-state index contributed by atoms with van der Waals surface area (Å²) in [5.41, 5.74) is 0. The quantitative estimate of drug-likeness (QED) is 0.524. The number of aliphatic hydroxyl groups is 1. The van der Waals surface area contributed by atoms with E-state index in [0.717, 1.165) is 19.4 Å². The molecule has 70 valence electrons. The van der Waals surface area contributed by atoms with E-state index >= 15 is 0 Å². The summed E-state index contributed by atoms with van der Waals surface area (Å²) >= 11 is 0. The molecule has 0 bridgehead atoms. The highest BCUT2D eigenvalue weighted by atomic mass is 16.3. The van der Waals surface area contributed by atoms with Gasteiger partial charge in [-0.3, -0.25) is 4.79 Å². The Labute approximate surface area is 72.3 Å². The Bertz CT molecular complexity index is 153. The Kier molecular flexibility index (Phi) is 3.49. The number of carbonyl (C=O) groups is 1. The minimum atomic E-state index is -0.463. The van der Waals surface area contributed by atoms with Crippen molar-refractivity contribution in [3.05, 3.63) is 0 Å². The molecular weight excluding hydrogens is 156 g/mol. The fraction of sp³-hybridized carbons (Fsp3) is 0.875. The number of aliphatic hydroxyl groups excluding tert-OH is 1. The Morgan fingerprint density at radius 2 is 2.58 bits per heavy atom. The molecule has 0 aromatic rings. The number of nitrogens with one attached hydrogen (secondary N) is 2. The second kappa shape index (κ2) is 4.42.